The first-order valence-electron chi connectivity index (χ1n) is 8.78. The number of fused-ring (bicyclic) bond motifs is 3. The maximum Gasteiger partial charge on any atom is 0.336 e. The van der Waals surface area contributed by atoms with Gasteiger partial charge in [0.1, 0.15) is 11.3 Å². The summed E-state index contributed by atoms with van der Waals surface area (Å²) in [4.78, 5) is 35.1. The highest BCUT2D eigenvalue weighted by Gasteiger charge is 2.40. The van der Waals surface area contributed by atoms with Crippen LogP contribution in [0.4, 0.5) is 11.4 Å². The van der Waals surface area contributed by atoms with E-state index in [1.54, 1.807) is 32.0 Å². The summed E-state index contributed by atoms with van der Waals surface area (Å²) in [5, 5.41) is 14.4. The van der Waals surface area contributed by atoms with Gasteiger partial charge >= 0.3 is 5.63 Å². The van der Waals surface area contributed by atoms with Gasteiger partial charge in [0.2, 0.25) is 5.78 Å². The minimum absolute atomic E-state index is 0.0374. The van der Waals surface area contributed by atoms with Gasteiger partial charge in [0, 0.05) is 35.5 Å². The number of nitrogens with one attached hydrogen (secondary N) is 1. The van der Waals surface area contributed by atoms with Crippen LogP contribution in [-0.2, 0) is 4.79 Å². The van der Waals surface area contributed by atoms with Crippen LogP contribution in [0.15, 0.2) is 63.9 Å². The summed E-state index contributed by atoms with van der Waals surface area (Å²) in [6.07, 6.45) is 1.50. The Morgan fingerprint density at radius 2 is 1.72 bits per heavy atom. The number of Topliss-reactive ketones (excluding diaryl/α,β-unsaturated/α-hetero) is 1. The van der Waals surface area contributed by atoms with Crippen LogP contribution in [0, 0.1) is 10.1 Å². The highest BCUT2D eigenvalue weighted by atomic mass is 16.6. The Morgan fingerprint density at radius 1 is 1.03 bits per heavy atom. The van der Waals surface area contributed by atoms with Crippen LogP contribution in [0.25, 0.3) is 16.5 Å². The molecule has 29 heavy (non-hydrogen) atoms. The van der Waals surface area contributed by atoms with Crippen LogP contribution in [0.1, 0.15) is 19.4 Å². The van der Waals surface area contributed by atoms with Gasteiger partial charge in [0.05, 0.1) is 16.1 Å². The Labute approximate surface area is 164 Å². The molecular weight excluding hydrogens is 376 g/mol. The second kappa shape index (κ2) is 6.59. The van der Waals surface area contributed by atoms with E-state index < -0.39 is 16.1 Å². The number of nitro benzene ring substituents is 1. The minimum Gasteiger partial charge on any atom is -0.479 e. The predicted molar refractivity (Wildman–Crippen MR) is 107 cm³/mol. The van der Waals surface area contributed by atoms with Crippen LogP contribution in [-0.4, -0.2) is 16.3 Å². The summed E-state index contributed by atoms with van der Waals surface area (Å²) in [5.74, 6) is 0.131. The summed E-state index contributed by atoms with van der Waals surface area (Å²) in [6, 6.07) is 12.2. The molecule has 8 nitrogen and oxygen atoms in total. The molecule has 3 aromatic rings. The molecule has 0 bridgehead atoms. The predicted octanol–water partition coefficient (Wildman–Crippen LogP) is 3.89. The fraction of sp³-hybridized carbons (Fsp3) is 0.143. The van der Waals surface area contributed by atoms with Crippen molar-refractivity contribution >= 4 is 33.7 Å². The van der Waals surface area contributed by atoms with E-state index >= 15 is 0 Å². The number of benzene rings is 2. The lowest BCUT2D eigenvalue weighted by Gasteiger charge is -2.32. The van der Waals surface area contributed by atoms with Crippen molar-refractivity contribution in [2.75, 3.05) is 5.32 Å². The molecule has 0 fully saturated rings. The lowest BCUT2D eigenvalue weighted by atomic mass is 9.87. The second-order valence-electron chi connectivity index (χ2n) is 7.06. The molecule has 1 N–H and O–H groups in total. The lowest BCUT2D eigenvalue weighted by Crippen LogP contribution is -2.42. The lowest BCUT2D eigenvalue weighted by molar-refractivity contribution is -0.384. The number of anilines is 1. The third-order valence-electron chi connectivity index (χ3n) is 4.64. The molecule has 2 heterocycles. The summed E-state index contributed by atoms with van der Waals surface area (Å²) >= 11 is 0. The molecule has 1 aliphatic rings. The van der Waals surface area contributed by atoms with E-state index in [2.05, 4.69) is 5.32 Å². The first-order valence-corrected chi connectivity index (χ1v) is 8.78. The third-order valence-corrected chi connectivity index (χ3v) is 4.64. The van der Waals surface area contributed by atoms with Crippen LogP contribution >= 0.6 is 0 Å². The first kappa shape index (κ1) is 18.4. The highest BCUT2D eigenvalue weighted by molar-refractivity contribution is 6.28. The molecule has 0 unspecified atom stereocenters. The number of nitrogens with zero attached hydrogens (tertiary/aromatic N) is 1. The summed E-state index contributed by atoms with van der Waals surface area (Å²) in [5.41, 5.74) is -0.193. The molecule has 0 atom stereocenters. The topological polar surface area (TPSA) is 112 Å². The van der Waals surface area contributed by atoms with E-state index in [4.69, 9.17) is 9.15 Å². The van der Waals surface area contributed by atoms with Crippen molar-refractivity contribution < 1.29 is 18.9 Å². The van der Waals surface area contributed by atoms with Crippen molar-refractivity contribution in [2.45, 2.75) is 19.4 Å². The Morgan fingerprint density at radius 3 is 2.41 bits per heavy atom. The monoisotopic (exact) mass is 392 g/mol. The van der Waals surface area contributed by atoms with Crippen LogP contribution in [0.3, 0.4) is 0 Å². The molecule has 8 heteroatoms. The number of carbonyl (C=O) groups excluding carboxylic acids is 1. The fourth-order valence-corrected chi connectivity index (χ4v) is 3.19. The summed E-state index contributed by atoms with van der Waals surface area (Å²) < 4.78 is 11.2. The normalized spacial score (nSPS) is 16.3. The zero-order valence-electron chi connectivity index (χ0n) is 15.6. The van der Waals surface area contributed by atoms with Crippen molar-refractivity contribution in [3.63, 3.8) is 0 Å². The quantitative estimate of drug-likeness (QED) is 0.311. The van der Waals surface area contributed by atoms with Crippen LogP contribution < -0.4 is 15.7 Å². The van der Waals surface area contributed by atoms with Crippen molar-refractivity contribution in [1.82, 2.24) is 0 Å². The smallest absolute Gasteiger partial charge is 0.336 e. The fourth-order valence-electron chi connectivity index (χ4n) is 3.19. The highest BCUT2D eigenvalue weighted by Crippen LogP contribution is 2.41. The number of hydrogen-bond acceptors (Lipinski definition) is 7. The largest absolute Gasteiger partial charge is 0.479 e. The van der Waals surface area contributed by atoms with E-state index in [1.807, 2.05) is 0 Å². The van der Waals surface area contributed by atoms with Crippen LogP contribution in [0.2, 0.25) is 0 Å². The number of nitro groups is 1. The zero-order valence-corrected chi connectivity index (χ0v) is 15.6. The maximum absolute atomic E-state index is 13.1. The van der Waals surface area contributed by atoms with E-state index in [-0.39, 0.29) is 22.6 Å². The van der Waals surface area contributed by atoms with E-state index in [1.165, 1.54) is 36.5 Å². The first-order chi connectivity index (χ1) is 13.8. The average molecular weight is 392 g/mol. The maximum atomic E-state index is 13.1. The van der Waals surface area contributed by atoms with Gasteiger partial charge in [-0.1, -0.05) is 0 Å². The second-order valence-corrected chi connectivity index (χ2v) is 7.06. The molecule has 0 aliphatic carbocycles. The van der Waals surface area contributed by atoms with Crippen molar-refractivity contribution in [3.05, 3.63) is 80.8 Å². The molecule has 1 aliphatic heterocycles. The van der Waals surface area contributed by atoms with Gasteiger partial charge < -0.3 is 14.5 Å². The Balaban J connectivity index is 1.84. The van der Waals surface area contributed by atoms with Crippen molar-refractivity contribution in [2.24, 2.45) is 0 Å². The number of rotatable bonds is 3. The molecule has 0 radical (unpaired) electrons. The van der Waals surface area contributed by atoms with E-state index in [0.29, 0.717) is 22.4 Å². The number of non-ortho nitro benzene ring substituents is 1. The van der Waals surface area contributed by atoms with Gasteiger partial charge in [-0.3, -0.25) is 14.9 Å². The SMILES string of the molecule is CC1(C)Oc2ccc3ccc(=O)oc3c2/C(=C/Nc2ccc([N+](=O)[O-])cc2)C1=O. The third kappa shape index (κ3) is 3.25. The molecular formula is C21H16N2O6. The van der Waals surface area contributed by atoms with Gasteiger partial charge in [-0.25, -0.2) is 4.79 Å². The Kier molecular flexibility index (Phi) is 4.19. The van der Waals surface area contributed by atoms with Gasteiger partial charge in [-0.05, 0) is 44.2 Å². The number of carbonyl (C=O) groups is 1. The van der Waals surface area contributed by atoms with Crippen LogP contribution in [0.5, 0.6) is 5.75 Å². The zero-order chi connectivity index (χ0) is 20.8. The molecule has 0 spiro atoms. The number of hydrogen-bond donors (Lipinski definition) is 1. The average Bonchev–Trinajstić information content (AvgIpc) is 2.68. The summed E-state index contributed by atoms with van der Waals surface area (Å²) in [7, 11) is 0. The molecule has 4 rings (SSSR count). The van der Waals surface area contributed by atoms with Gasteiger partial charge in [0.15, 0.2) is 5.60 Å². The number of ketones is 1. The standard InChI is InChI=1S/C21H16N2O6/c1-21(2)20(25)15(11-22-13-5-7-14(8-6-13)23(26)27)18-16(29-21)9-3-12-4-10-17(24)28-19(12)18/h3-11,22H,1-2H3/b15-11-. The molecule has 146 valence electrons. The van der Waals surface area contributed by atoms with Gasteiger partial charge in [-0.15, -0.1) is 0 Å². The molecule has 0 amide bonds. The Bertz CT molecular complexity index is 1240. The van der Waals surface area contributed by atoms with E-state index in [0.717, 1.165) is 0 Å². The van der Waals surface area contributed by atoms with Gasteiger partial charge in [-0.2, -0.15) is 0 Å². The van der Waals surface area contributed by atoms with Crippen molar-refractivity contribution in [3.8, 4) is 5.75 Å². The number of ether oxygens (including phenoxy) is 1. The molecule has 0 saturated carbocycles. The summed E-state index contributed by atoms with van der Waals surface area (Å²) in [6.45, 7) is 3.31. The molecule has 0 saturated heterocycles. The minimum atomic E-state index is -1.11. The van der Waals surface area contributed by atoms with E-state index in [9.17, 15) is 19.7 Å². The van der Waals surface area contributed by atoms with Gasteiger partial charge in [0.25, 0.3) is 5.69 Å². The van der Waals surface area contributed by atoms with Crippen molar-refractivity contribution in [1.29, 1.82) is 0 Å². The Hall–Kier alpha value is -3.94. The molecule has 2 aromatic carbocycles. The molecule has 1 aromatic heterocycles.